The molecule has 0 saturated carbocycles. The van der Waals surface area contributed by atoms with E-state index in [1.807, 2.05) is 0 Å². The SMILES string of the molecule is CC(C(=O)N(C)C)S(=O)(=O)Cc1ccc(Cl)c(Cl)c1. The highest BCUT2D eigenvalue weighted by Crippen LogP contribution is 2.24. The molecule has 1 aromatic carbocycles. The molecule has 0 aliphatic heterocycles. The molecule has 1 unspecified atom stereocenters. The van der Waals surface area contributed by atoms with Gasteiger partial charge >= 0.3 is 0 Å². The lowest BCUT2D eigenvalue weighted by molar-refractivity contribution is -0.127. The first-order chi connectivity index (χ1) is 8.65. The highest BCUT2D eigenvalue weighted by molar-refractivity contribution is 7.92. The maximum Gasteiger partial charge on any atom is 0.240 e. The Labute approximate surface area is 123 Å². The average Bonchev–Trinajstić information content (AvgIpc) is 2.31. The minimum absolute atomic E-state index is 0.245. The zero-order valence-corrected chi connectivity index (χ0v) is 13.2. The molecular formula is C12H15Cl2NO3S. The number of hydrogen-bond donors (Lipinski definition) is 0. The molecule has 0 radical (unpaired) electrons. The van der Waals surface area contributed by atoms with E-state index in [0.29, 0.717) is 15.6 Å². The summed E-state index contributed by atoms with van der Waals surface area (Å²) in [5.41, 5.74) is 0.507. The number of amides is 1. The summed E-state index contributed by atoms with van der Waals surface area (Å²) in [5.74, 6) is -0.690. The summed E-state index contributed by atoms with van der Waals surface area (Å²) in [7, 11) is -0.537. The minimum Gasteiger partial charge on any atom is -0.348 e. The van der Waals surface area contributed by atoms with Gasteiger partial charge in [0.2, 0.25) is 5.91 Å². The predicted octanol–water partition coefficient (Wildman–Crippen LogP) is 2.38. The van der Waals surface area contributed by atoms with Crippen molar-refractivity contribution in [3.63, 3.8) is 0 Å². The first-order valence-electron chi connectivity index (χ1n) is 5.52. The van der Waals surface area contributed by atoms with Gasteiger partial charge in [0.25, 0.3) is 0 Å². The quantitative estimate of drug-likeness (QED) is 0.854. The summed E-state index contributed by atoms with van der Waals surface area (Å²) in [6, 6.07) is 4.61. The molecule has 7 heteroatoms. The van der Waals surface area contributed by atoms with Crippen molar-refractivity contribution in [2.75, 3.05) is 14.1 Å². The topological polar surface area (TPSA) is 54.5 Å². The number of hydrogen-bond acceptors (Lipinski definition) is 3. The lowest BCUT2D eigenvalue weighted by Crippen LogP contribution is -2.37. The molecule has 0 heterocycles. The molecule has 1 aromatic rings. The minimum atomic E-state index is -3.58. The standard InChI is InChI=1S/C12H15Cl2NO3S/c1-8(12(16)15(2)3)19(17,18)7-9-4-5-10(13)11(14)6-9/h4-6,8H,7H2,1-3H3. The molecule has 19 heavy (non-hydrogen) atoms. The van der Waals surface area contributed by atoms with E-state index in [-0.39, 0.29) is 5.75 Å². The maximum atomic E-state index is 12.1. The van der Waals surface area contributed by atoms with Crippen molar-refractivity contribution < 1.29 is 13.2 Å². The third-order valence-electron chi connectivity index (χ3n) is 2.68. The molecule has 0 N–H and O–H groups in total. The molecule has 0 aliphatic carbocycles. The smallest absolute Gasteiger partial charge is 0.240 e. The summed E-state index contributed by atoms with van der Waals surface area (Å²) in [6.07, 6.45) is 0. The Kier molecular flexibility index (Phi) is 5.24. The van der Waals surface area contributed by atoms with Crippen LogP contribution in [0.3, 0.4) is 0 Å². The van der Waals surface area contributed by atoms with Crippen LogP contribution >= 0.6 is 23.2 Å². The van der Waals surface area contributed by atoms with Crippen LogP contribution in [0.15, 0.2) is 18.2 Å². The van der Waals surface area contributed by atoms with Crippen molar-refractivity contribution in [3.8, 4) is 0 Å². The van der Waals surface area contributed by atoms with Crippen LogP contribution in [0.4, 0.5) is 0 Å². The molecular weight excluding hydrogens is 309 g/mol. The van der Waals surface area contributed by atoms with Gasteiger partial charge in [-0.3, -0.25) is 4.79 Å². The fourth-order valence-corrected chi connectivity index (χ4v) is 3.24. The van der Waals surface area contributed by atoms with Gasteiger partial charge in [-0.05, 0) is 24.6 Å². The molecule has 106 valence electrons. The lowest BCUT2D eigenvalue weighted by Gasteiger charge is -2.17. The van der Waals surface area contributed by atoms with Crippen molar-refractivity contribution in [1.29, 1.82) is 0 Å². The van der Waals surface area contributed by atoms with Gasteiger partial charge in [-0.15, -0.1) is 0 Å². The molecule has 0 fully saturated rings. The molecule has 0 saturated heterocycles. The molecule has 0 spiro atoms. The van der Waals surface area contributed by atoms with Crippen molar-refractivity contribution in [2.45, 2.75) is 17.9 Å². The van der Waals surface area contributed by atoms with Gasteiger partial charge in [-0.1, -0.05) is 29.3 Å². The van der Waals surface area contributed by atoms with Crippen LogP contribution in [-0.2, 0) is 20.4 Å². The van der Waals surface area contributed by atoms with E-state index in [2.05, 4.69) is 0 Å². The van der Waals surface area contributed by atoms with Crippen LogP contribution in [0, 0.1) is 0 Å². The molecule has 0 aromatic heterocycles. The number of carbonyl (C=O) groups excluding carboxylic acids is 1. The van der Waals surface area contributed by atoms with Crippen molar-refractivity contribution in [1.82, 2.24) is 4.90 Å². The zero-order valence-electron chi connectivity index (χ0n) is 10.9. The number of halogens is 2. The Morgan fingerprint density at radius 2 is 1.84 bits per heavy atom. The van der Waals surface area contributed by atoms with E-state index >= 15 is 0 Å². The summed E-state index contributed by atoms with van der Waals surface area (Å²) >= 11 is 11.6. The zero-order chi connectivity index (χ0) is 14.8. The average molecular weight is 324 g/mol. The molecule has 1 amide bonds. The highest BCUT2D eigenvalue weighted by Gasteiger charge is 2.29. The number of nitrogens with zero attached hydrogens (tertiary/aromatic N) is 1. The van der Waals surface area contributed by atoms with E-state index < -0.39 is 21.0 Å². The van der Waals surface area contributed by atoms with E-state index in [9.17, 15) is 13.2 Å². The maximum absolute atomic E-state index is 12.1. The lowest BCUT2D eigenvalue weighted by atomic mass is 10.2. The van der Waals surface area contributed by atoms with E-state index in [0.717, 1.165) is 0 Å². The third kappa shape index (κ3) is 4.09. The fraction of sp³-hybridized carbons (Fsp3) is 0.417. The first-order valence-corrected chi connectivity index (χ1v) is 7.99. The number of benzene rings is 1. The molecule has 1 atom stereocenters. The normalized spacial score (nSPS) is 13.1. The summed E-state index contributed by atoms with van der Waals surface area (Å²) in [4.78, 5) is 13.0. The van der Waals surface area contributed by atoms with E-state index in [4.69, 9.17) is 23.2 Å². The molecule has 4 nitrogen and oxygen atoms in total. The van der Waals surface area contributed by atoms with Gasteiger partial charge in [0, 0.05) is 14.1 Å². The van der Waals surface area contributed by atoms with Crippen LogP contribution in [0.2, 0.25) is 10.0 Å². The van der Waals surface area contributed by atoms with Gasteiger partial charge in [-0.25, -0.2) is 8.42 Å². The molecule has 0 aliphatic rings. The monoisotopic (exact) mass is 323 g/mol. The summed E-state index contributed by atoms with van der Waals surface area (Å²) in [6.45, 7) is 1.38. The van der Waals surface area contributed by atoms with Gasteiger partial charge in [0.1, 0.15) is 5.25 Å². The van der Waals surface area contributed by atoms with Crippen LogP contribution < -0.4 is 0 Å². The second-order valence-electron chi connectivity index (χ2n) is 4.43. The number of carbonyl (C=O) groups is 1. The van der Waals surface area contributed by atoms with Crippen molar-refractivity contribution in [3.05, 3.63) is 33.8 Å². The van der Waals surface area contributed by atoms with Crippen LogP contribution in [0.1, 0.15) is 12.5 Å². The molecule has 1 rings (SSSR count). The Balaban J connectivity index is 2.96. The van der Waals surface area contributed by atoms with E-state index in [1.165, 1.54) is 38.1 Å². The summed E-state index contributed by atoms with van der Waals surface area (Å²) < 4.78 is 24.2. The second-order valence-corrected chi connectivity index (χ2v) is 7.57. The number of rotatable bonds is 4. The van der Waals surface area contributed by atoms with Gasteiger partial charge in [-0.2, -0.15) is 0 Å². The van der Waals surface area contributed by atoms with Crippen LogP contribution in [0.5, 0.6) is 0 Å². The van der Waals surface area contributed by atoms with Crippen LogP contribution in [0.25, 0.3) is 0 Å². The molecule has 0 bridgehead atoms. The number of sulfone groups is 1. The fourth-order valence-electron chi connectivity index (χ4n) is 1.50. The Morgan fingerprint density at radius 1 is 1.26 bits per heavy atom. The van der Waals surface area contributed by atoms with Crippen molar-refractivity contribution >= 4 is 38.9 Å². The predicted molar refractivity (Wildman–Crippen MR) is 77.2 cm³/mol. The van der Waals surface area contributed by atoms with Crippen molar-refractivity contribution in [2.24, 2.45) is 0 Å². The van der Waals surface area contributed by atoms with Crippen LogP contribution in [-0.4, -0.2) is 38.6 Å². The Bertz CT molecular complexity index is 585. The first kappa shape index (κ1) is 16.3. The largest absolute Gasteiger partial charge is 0.348 e. The second kappa shape index (κ2) is 6.11. The van der Waals surface area contributed by atoms with E-state index in [1.54, 1.807) is 6.07 Å². The third-order valence-corrected chi connectivity index (χ3v) is 5.43. The Morgan fingerprint density at radius 3 is 2.32 bits per heavy atom. The van der Waals surface area contributed by atoms with Gasteiger partial charge in [0.05, 0.1) is 15.8 Å². The van der Waals surface area contributed by atoms with Gasteiger partial charge < -0.3 is 4.90 Å². The van der Waals surface area contributed by atoms with Gasteiger partial charge in [0.15, 0.2) is 9.84 Å². The summed E-state index contributed by atoms with van der Waals surface area (Å²) in [5, 5.41) is -0.432. The Hall–Kier alpha value is -0.780. The highest BCUT2D eigenvalue weighted by atomic mass is 35.5.